The zero-order valence-electron chi connectivity index (χ0n) is 27.5. The highest BCUT2D eigenvalue weighted by Gasteiger charge is 2.49. The van der Waals surface area contributed by atoms with Crippen molar-refractivity contribution < 1.29 is 29.1 Å². The molecule has 4 aromatic carbocycles. The Morgan fingerprint density at radius 1 is 0.660 bits per heavy atom. The average Bonchev–Trinajstić information content (AvgIpc) is 3.53. The van der Waals surface area contributed by atoms with Crippen LogP contribution in [0.5, 0.6) is 0 Å². The van der Waals surface area contributed by atoms with Crippen molar-refractivity contribution in [2.45, 2.75) is 18.9 Å². The number of benzene rings is 4. The minimum Gasteiger partial charge on any atom is -0.378 e. The molecule has 0 aliphatic carbocycles. The number of nitrogens with zero attached hydrogens (tertiary/aromatic N) is 2. The lowest BCUT2D eigenvalue weighted by Crippen LogP contribution is -2.36. The van der Waals surface area contributed by atoms with Gasteiger partial charge in [0.15, 0.2) is 17.2 Å². The molecule has 0 spiro atoms. The van der Waals surface area contributed by atoms with Crippen LogP contribution in [0.4, 0.5) is 22.7 Å². The molecule has 50 heavy (non-hydrogen) atoms. The number of aliphatic hydroxyl groups is 1. The molecule has 10 nitrogen and oxygen atoms in total. The Kier molecular flexibility index (Phi) is 12.0. The van der Waals surface area contributed by atoms with E-state index in [0.717, 1.165) is 16.9 Å². The molecular weight excluding hydrogens is 726 g/mol. The number of hydrogen-bond acceptors (Lipinski definition) is 8. The predicted octanol–water partition coefficient (Wildman–Crippen LogP) is 7.56. The highest BCUT2D eigenvalue weighted by Crippen LogP contribution is 2.46. The third-order valence-electron chi connectivity index (χ3n) is 7.82. The van der Waals surface area contributed by atoms with E-state index < -0.39 is 29.6 Å². The molecule has 4 aromatic rings. The summed E-state index contributed by atoms with van der Waals surface area (Å²) in [6.45, 7) is 1.57. The van der Waals surface area contributed by atoms with Gasteiger partial charge in [0.2, 0.25) is 0 Å². The van der Waals surface area contributed by atoms with Crippen LogP contribution in [0, 0.1) is 0 Å². The molecule has 260 valence electrons. The SMILES string of the molecule is CC(=O)c1ccc(N(C)C)cc1.CN(C)c1ccc(C(=O)CC2(O)C(=O)Nc3c(Cl)ccc(Cl)c32)cc1.O=C1Nc2c(Cl)ccc(Cl)c2C1=O. The van der Waals surface area contributed by atoms with Crippen molar-refractivity contribution in [3.05, 3.63) is 115 Å². The summed E-state index contributed by atoms with van der Waals surface area (Å²) in [6.07, 6.45) is -0.423. The Morgan fingerprint density at radius 2 is 1.12 bits per heavy atom. The van der Waals surface area contributed by atoms with Crippen molar-refractivity contribution in [3.8, 4) is 0 Å². The van der Waals surface area contributed by atoms with Gasteiger partial charge in [-0.05, 0) is 79.7 Å². The Bertz CT molecular complexity index is 2000. The van der Waals surface area contributed by atoms with Gasteiger partial charge in [0, 0.05) is 61.3 Å². The van der Waals surface area contributed by atoms with Crippen LogP contribution in [0.25, 0.3) is 0 Å². The van der Waals surface area contributed by atoms with Crippen LogP contribution in [0.3, 0.4) is 0 Å². The summed E-state index contributed by atoms with van der Waals surface area (Å²) < 4.78 is 0. The van der Waals surface area contributed by atoms with E-state index in [4.69, 9.17) is 46.4 Å². The Labute approximate surface area is 308 Å². The van der Waals surface area contributed by atoms with Crippen LogP contribution in [0.2, 0.25) is 20.1 Å². The maximum absolute atomic E-state index is 12.6. The van der Waals surface area contributed by atoms with E-state index in [9.17, 15) is 29.1 Å². The highest BCUT2D eigenvalue weighted by atomic mass is 35.5. The van der Waals surface area contributed by atoms with Crippen LogP contribution in [-0.4, -0.2) is 62.5 Å². The van der Waals surface area contributed by atoms with E-state index in [-0.39, 0.29) is 43.4 Å². The largest absolute Gasteiger partial charge is 0.378 e. The number of anilines is 4. The lowest BCUT2D eigenvalue weighted by molar-refractivity contribution is -0.133. The lowest BCUT2D eigenvalue weighted by Gasteiger charge is -2.21. The second-order valence-electron chi connectivity index (χ2n) is 11.7. The molecule has 2 aliphatic rings. The fraction of sp³-hybridized carbons (Fsp3) is 0.194. The molecule has 0 bridgehead atoms. The van der Waals surface area contributed by atoms with Gasteiger partial charge in [-0.1, -0.05) is 46.4 Å². The Morgan fingerprint density at radius 3 is 1.60 bits per heavy atom. The molecule has 0 saturated carbocycles. The molecule has 0 saturated heterocycles. The molecule has 1 atom stereocenters. The van der Waals surface area contributed by atoms with Crippen LogP contribution < -0.4 is 20.4 Å². The standard InChI is InChI=1S/C18H16Cl2N2O3.C10H13NO.C8H3Cl2NO2/c1-22(2)11-5-3-10(4-6-11)14(23)9-18(25)15-12(19)7-8-13(20)16(15)21-17(18)24;1-8(12)9-4-6-10(7-5-9)11(2)3;9-3-1-2-4(10)6-5(3)7(12)8(13)11-6/h3-8,25H,9H2,1-2H3,(H,21,24);4-7H,1-3H3;1-2H,(H,11,12,13). The number of halogens is 4. The maximum atomic E-state index is 12.6. The zero-order valence-corrected chi connectivity index (χ0v) is 30.6. The monoisotopic (exact) mass is 756 g/mol. The lowest BCUT2D eigenvalue weighted by atomic mass is 9.88. The summed E-state index contributed by atoms with van der Waals surface area (Å²) in [4.78, 5) is 61.9. The van der Waals surface area contributed by atoms with E-state index in [1.54, 1.807) is 31.2 Å². The van der Waals surface area contributed by atoms with Crippen LogP contribution in [-0.2, 0) is 15.2 Å². The van der Waals surface area contributed by atoms with Crippen molar-refractivity contribution in [1.82, 2.24) is 0 Å². The Balaban J connectivity index is 0.000000188. The van der Waals surface area contributed by atoms with Gasteiger partial charge in [-0.15, -0.1) is 0 Å². The molecule has 2 heterocycles. The summed E-state index contributed by atoms with van der Waals surface area (Å²) in [5.41, 5.74) is 2.04. The number of ketones is 3. The number of nitrogens with one attached hydrogen (secondary N) is 2. The van der Waals surface area contributed by atoms with Crippen molar-refractivity contribution in [2.24, 2.45) is 0 Å². The van der Waals surface area contributed by atoms with Gasteiger partial charge < -0.3 is 25.5 Å². The number of fused-ring (bicyclic) bond motifs is 2. The van der Waals surface area contributed by atoms with Gasteiger partial charge in [0.25, 0.3) is 17.6 Å². The number of hydrogen-bond donors (Lipinski definition) is 3. The first kappa shape index (κ1) is 38.4. The molecule has 2 amide bonds. The van der Waals surface area contributed by atoms with Crippen molar-refractivity contribution in [2.75, 3.05) is 48.6 Å². The first-order valence-electron chi connectivity index (χ1n) is 14.9. The summed E-state index contributed by atoms with van der Waals surface area (Å²) in [7, 11) is 7.74. The quantitative estimate of drug-likeness (QED) is 0.136. The van der Waals surface area contributed by atoms with Crippen LogP contribution in [0.15, 0.2) is 72.8 Å². The van der Waals surface area contributed by atoms with E-state index in [2.05, 4.69) is 10.6 Å². The van der Waals surface area contributed by atoms with Crippen molar-refractivity contribution in [3.63, 3.8) is 0 Å². The first-order valence-corrected chi connectivity index (χ1v) is 16.4. The number of Topliss-reactive ketones (excluding diaryl/α,β-unsaturated/α-hetero) is 3. The second-order valence-corrected chi connectivity index (χ2v) is 13.3. The van der Waals surface area contributed by atoms with Gasteiger partial charge in [-0.3, -0.25) is 24.0 Å². The van der Waals surface area contributed by atoms with Gasteiger partial charge in [-0.25, -0.2) is 0 Å². The third kappa shape index (κ3) is 8.12. The molecule has 1 unspecified atom stereocenters. The molecule has 2 aliphatic heterocycles. The highest BCUT2D eigenvalue weighted by molar-refractivity contribution is 6.56. The maximum Gasteiger partial charge on any atom is 0.296 e. The van der Waals surface area contributed by atoms with E-state index in [0.29, 0.717) is 16.3 Å². The Hall–Kier alpha value is -4.45. The number of amides is 2. The topological polar surface area (TPSA) is 136 Å². The van der Waals surface area contributed by atoms with Crippen molar-refractivity contribution >= 4 is 98.3 Å². The number of carbonyl (C=O) groups is 5. The third-order valence-corrected chi connectivity index (χ3v) is 9.08. The summed E-state index contributed by atoms with van der Waals surface area (Å²) in [6, 6.07) is 20.5. The summed E-state index contributed by atoms with van der Waals surface area (Å²) in [5.74, 6) is -2.30. The number of carbonyl (C=O) groups excluding carboxylic acids is 5. The molecule has 0 fully saturated rings. The molecular formula is C36H32Cl4N4O6. The molecule has 0 radical (unpaired) electrons. The molecule has 3 N–H and O–H groups in total. The molecule has 14 heteroatoms. The fourth-order valence-electron chi connectivity index (χ4n) is 5.03. The van der Waals surface area contributed by atoms with Gasteiger partial charge in [-0.2, -0.15) is 0 Å². The molecule has 0 aromatic heterocycles. The summed E-state index contributed by atoms with van der Waals surface area (Å²) in [5, 5.41) is 16.8. The van der Waals surface area contributed by atoms with E-state index in [1.807, 2.05) is 62.3 Å². The van der Waals surface area contributed by atoms with Crippen molar-refractivity contribution in [1.29, 1.82) is 0 Å². The minimum absolute atomic E-state index is 0.111. The van der Waals surface area contributed by atoms with Gasteiger partial charge >= 0.3 is 0 Å². The van der Waals surface area contributed by atoms with Crippen LogP contribution >= 0.6 is 46.4 Å². The summed E-state index contributed by atoms with van der Waals surface area (Å²) >= 11 is 23.7. The fourth-order valence-corrected chi connectivity index (χ4v) is 6.00. The van der Waals surface area contributed by atoms with Crippen LogP contribution in [0.1, 0.15) is 50.0 Å². The first-order chi connectivity index (χ1) is 23.5. The predicted molar refractivity (Wildman–Crippen MR) is 199 cm³/mol. The molecule has 6 rings (SSSR count). The second kappa shape index (κ2) is 15.6. The zero-order chi connectivity index (χ0) is 37.1. The average molecular weight is 758 g/mol. The number of rotatable bonds is 6. The normalized spacial score (nSPS) is 15.4. The smallest absolute Gasteiger partial charge is 0.296 e. The van der Waals surface area contributed by atoms with E-state index >= 15 is 0 Å². The van der Waals surface area contributed by atoms with E-state index in [1.165, 1.54) is 24.3 Å². The van der Waals surface area contributed by atoms with Gasteiger partial charge in [0.1, 0.15) is 0 Å². The van der Waals surface area contributed by atoms with Gasteiger partial charge in [0.05, 0.1) is 38.4 Å². The minimum atomic E-state index is -2.05.